The van der Waals surface area contributed by atoms with Crippen molar-refractivity contribution in [2.45, 2.75) is 17.8 Å². The number of ketones is 1. The number of aliphatic hydroxyl groups excluding tert-OH is 3. The second-order valence-electron chi connectivity index (χ2n) is 3.27. The lowest BCUT2D eigenvalue weighted by Gasteiger charge is -2.19. The minimum atomic E-state index is -1.13. The molecule has 2 rings (SSSR count). The van der Waals surface area contributed by atoms with Gasteiger partial charge in [0.15, 0.2) is 17.5 Å². The molecule has 3 atom stereocenters. The van der Waals surface area contributed by atoms with Crippen LogP contribution in [0.1, 0.15) is 0 Å². The molecule has 0 aromatic rings. The zero-order valence-corrected chi connectivity index (χ0v) is 6.80. The van der Waals surface area contributed by atoms with Gasteiger partial charge in [-0.2, -0.15) is 0 Å². The molecule has 0 amide bonds. The van der Waals surface area contributed by atoms with Crippen molar-refractivity contribution in [1.29, 1.82) is 0 Å². The summed E-state index contributed by atoms with van der Waals surface area (Å²) in [7, 11) is 0. The van der Waals surface area contributed by atoms with Crippen LogP contribution in [0.5, 0.6) is 0 Å². The first kappa shape index (κ1) is 8.83. The van der Waals surface area contributed by atoms with E-state index >= 15 is 0 Å². The summed E-state index contributed by atoms with van der Waals surface area (Å²) in [5.74, 6) is -0.346. The van der Waals surface area contributed by atoms with Crippen molar-refractivity contribution in [3.05, 3.63) is 11.6 Å². The van der Waals surface area contributed by atoms with Crippen LogP contribution in [0.15, 0.2) is 11.6 Å². The van der Waals surface area contributed by atoms with E-state index in [-0.39, 0.29) is 18.0 Å². The molecular weight excluding hydrogens is 176 g/mol. The lowest BCUT2D eigenvalue weighted by atomic mass is 9.87. The van der Waals surface area contributed by atoms with E-state index in [1.54, 1.807) is 0 Å². The molecule has 1 aliphatic carbocycles. The summed E-state index contributed by atoms with van der Waals surface area (Å²) in [6.45, 7) is -0.795. The van der Waals surface area contributed by atoms with Gasteiger partial charge in [0.1, 0.15) is 6.10 Å². The van der Waals surface area contributed by atoms with Crippen LogP contribution in [0, 0.1) is 0 Å². The highest BCUT2D eigenvalue weighted by Crippen LogP contribution is 2.44. The van der Waals surface area contributed by atoms with Crippen LogP contribution in [0.2, 0.25) is 0 Å². The van der Waals surface area contributed by atoms with Crippen LogP contribution >= 0.6 is 0 Å². The standard InChI is InChI=1S/C8H10O5/c9-2-4-1-5(11)8(3-10)7(13-8)6(4)12/h1,5,7,9-11H,2-3H2. The Kier molecular flexibility index (Phi) is 1.78. The second kappa shape index (κ2) is 2.62. The van der Waals surface area contributed by atoms with E-state index in [1.165, 1.54) is 6.08 Å². The minimum absolute atomic E-state index is 0.152. The summed E-state index contributed by atoms with van der Waals surface area (Å²) in [5.41, 5.74) is -0.977. The molecule has 0 aromatic carbocycles. The summed E-state index contributed by atoms with van der Waals surface area (Å²) in [4.78, 5) is 11.3. The van der Waals surface area contributed by atoms with Gasteiger partial charge in [0.05, 0.1) is 13.2 Å². The topological polar surface area (TPSA) is 90.3 Å². The van der Waals surface area contributed by atoms with Crippen LogP contribution in [-0.4, -0.2) is 52.1 Å². The Balaban J connectivity index is 2.30. The quantitative estimate of drug-likeness (QED) is 0.433. The molecule has 0 spiro atoms. The van der Waals surface area contributed by atoms with Gasteiger partial charge in [-0.05, 0) is 6.08 Å². The van der Waals surface area contributed by atoms with Crippen LogP contribution < -0.4 is 0 Å². The third-order valence-corrected chi connectivity index (χ3v) is 2.56. The van der Waals surface area contributed by atoms with E-state index < -0.39 is 24.4 Å². The Morgan fingerprint density at radius 2 is 2.23 bits per heavy atom. The number of carbonyl (C=O) groups is 1. The first-order chi connectivity index (χ1) is 6.15. The number of Topliss-reactive ketones (excluding diaryl/α,β-unsaturated/α-hetero) is 1. The van der Waals surface area contributed by atoms with Gasteiger partial charge in [-0.1, -0.05) is 0 Å². The van der Waals surface area contributed by atoms with Gasteiger partial charge >= 0.3 is 0 Å². The summed E-state index contributed by atoms with van der Waals surface area (Å²) in [6, 6.07) is 0. The van der Waals surface area contributed by atoms with Crippen LogP contribution in [-0.2, 0) is 9.53 Å². The molecule has 0 aromatic heterocycles. The Labute approximate surface area is 74.3 Å². The second-order valence-corrected chi connectivity index (χ2v) is 3.27. The van der Waals surface area contributed by atoms with Crippen molar-refractivity contribution in [3.63, 3.8) is 0 Å². The van der Waals surface area contributed by atoms with E-state index in [9.17, 15) is 9.90 Å². The SMILES string of the molecule is O=C1C(CO)=CC(O)C2(CO)OC12. The highest BCUT2D eigenvalue weighted by molar-refractivity contribution is 6.03. The molecular formula is C8H10O5. The Morgan fingerprint density at radius 3 is 2.77 bits per heavy atom. The normalized spacial score (nSPS) is 42.7. The predicted octanol–water partition coefficient (Wildman–Crippen LogP) is -2.02. The van der Waals surface area contributed by atoms with Gasteiger partial charge in [0.2, 0.25) is 0 Å². The molecule has 72 valence electrons. The molecule has 0 bridgehead atoms. The summed E-state index contributed by atoms with van der Waals surface area (Å²) < 4.78 is 4.96. The van der Waals surface area contributed by atoms with Gasteiger partial charge in [-0.15, -0.1) is 0 Å². The molecule has 1 fully saturated rings. The Hall–Kier alpha value is -0.750. The third-order valence-electron chi connectivity index (χ3n) is 2.56. The average Bonchev–Trinajstić information content (AvgIpc) is 2.88. The molecule has 0 saturated carbocycles. The van der Waals surface area contributed by atoms with Crippen LogP contribution in [0.3, 0.4) is 0 Å². The maximum Gasteiger partial charge on any atom is 0.192 e. The number of ether oxygens (including phenoxy) is 1. The first-order valence-corrected chi connectivity index (χ1v) is 3.98. The molecule has 1 heterocycles. The fourth-order valence-corrected chi connectivity index (χ4v) is 1.61. The number of rotatable bonds is 2. The van der Waals surface area contributed by atoms with E-state index in [0.717, 1.165) is 0 Å². The van der Waals surface area contributed by atoms with Crippen molar-refractivity contribution in [1.82, 2.24) is 0 Å². The van der Waals surface area contributed by atoms with E-state index in [0.29, 0.717) is 0 Å². The molecule has 1 saturated heterocycles. The minimum Gasteiger partial charge on any atom is -0.393 e. The molecule has 2 aliphatic rings. The number of aliphatic hydroxyl groups is 3. The van der Waals surface area contributed by atoms with E-state index in [2.05, 4.69) is 0 Å². The molecule has 3 N–H and O–H groups in total. The lowest BCUT2D eigenvalue weighted by Crippen LogP contribution is -2.41. The molecule has 0 radical (unpaired) electrons. The van der Waals surface area contributed by atoms with Crippen molar-refractivity contribution >= 4 is 5.78 Å². The van der Waals surface area contributed by atoms with Gasteiger partial charge in [-0.3, -0.25) is 4.79 Å². The number of hydrogen-bond donors (Lipinski definition) is 3. The number of fused-ring (bicyclic) bond motifs is 1. The molecule has 5 heteroatoms. The van der Waals surface area contributed by atoms with Crippen LogP contribution in [0.25, 0.3) is 0 Å². The summed E-state index contributed by atoms with van der Waals surface area (Å²) >= 11 is 0. The number of hydrogen-bond acceptors (Lipinski definition) is 5. The van der Waals surface area contributed by atoms with Crippen LogP contribution in [0.4, 0.5) is 0 Å². The van der Waals surface area contributed by atoms with Crippen molar-refractivity contribution in [3.8, 4) is 0 Å². The highest BCUT2D eigenvalue weighted by atomic mass is 16.6. The largest absolute Gasteiger partial charge is 0.393 e. The number of epoxide rings is 1. The molecule has 3 unspecified atom stereocenters. The molecule has 1 aliphatic heterocycles. The smallest absolute Gasteiger partial charge is 0.192 e. The maximum absolute atomic E-state index is 11.3. The monoisotopic (exact) mass is 186 g/mol. The fourth-order valence-electron chi connectivity index (χ4n) is 1.61. The van der Waals surface area contributed by atoms with Crippen molar-refractivity contribution < 1.29 is 24.9 Å². The lowest BCUT2D eigenvalue weighted by molar-refractivity contribution is -0.117. The molecule has 13 heavy (non-hydrogen) atoms. The first-order valence-electron chi connectivity index (χ1n) is 3.98. The Morgan fingerprint density at radius 1 is 1.54 bits per heavy atom. The third kappa shape index (κ3) is 0.986. The zero-order valence-electron chi connectivity index (χ0n) is 6.80. The van der Waals surface area contributed by atoms with E-state index in [1.807, 2.05) is 0 Å². The average molecular weight is 186 g/mol. The van der Waals surface area contributed by atoms with Gasteiger partial charge in [0, 0.05) is 5.57 Å². The predicted molar refractivity (Wildman–Crippen MR) is 40.9 cm³/mol. The summed E-state index contributed by atoms with van der Waals surface area (Å²) in [5, 5.41) is 27.1. The van der Waals surface area contributed by atoms with E-state index in [4.69, 9.17) is 14.9 Å². The maximum atomic E-state index is 11.3. The van der Waals surface area contributed by atoms with Gasteiger partial charge < -0.3 is 20.1 Å². The summed E-state index contributed by atoms with van der Waals surface area (Å²) in [6.07, 6.45) is -0.552. The fraction of sp³-hybridized carbons (Fsp3) is 0.625. The highest BCUT2D eigenvalue weighted by Gasteiger charge is 2.66. The van der Waals surface area contributed by atoms with Crippen molar-refractivity contribution in [2.75, 3.05) is 13.2 Å². The molecule has 5 nitrogen and oxygen atoms in total. The van der Waals surface area contributed by atoms with Gasteiger partial charge in [-0.25, -0.2) is 0 Å². The zero-order chi connectivity index (χ0) is 9.64. The number of carbonyl (C=O) groups excluding carboxylic acids is 1. The van der Waals surface area contributed by atoms with Gasteiger partial charge in [0.25, 0.3) is 0 Å². The Bertz CT molecular complexity index is 284. The van der Waals surface area contributed by atoms with Crippen molar-refractivity contribution in [2.24, 2.45) is 0 Å².